The Morgan fingerprint density at radius 1 is 1.38 bits per heavy atom. The van der Waals surface area contributed by atoms with Crippen LogP contribution in [-0.2, 0) is 11.3 Å². The number of hydrogen-bond donors (Lipinski definition) is 2. The normalized spacial score (nSPS) is 18.2. The summed E-state index contributed by atoms with van der Waals surface area (Å²) in [5.74, 6) is 0.658. The fraction of sp³-hybridized carbons (Fsp3) is 0.500. The first kappa shape index (κ1) is 20.0. The summed E-state index contributed by atoms with van der Waals surface area (Å²) in [4.78, 5) is 20.2. The van der Waals surface area contributed by atoms with Gasteiger partial charge in [0.25, 0.3) is 0 Å². The Labute approximate surface area is 157 Å². The fourth-order valence-corrected chi connectivity index (χ4v) is 2.96. The summed E-state index contributed by atoms with van der Waals surface area (Å²) in [5, 5.41) is 6.69. The standard InChI is InChI=1S/C20H31N5O/c1-4-12-21-20(22-14-19(26)24(2)3)23-18-11-8-13-25(16-18)15-17-9-6-5-7-10-17/h4-7,9-10,18H,1,8,11-16H2,2-3H3,(H2,21,22,23). The van der Waals surface area contributed by atoms with Gasteiger partial charge < -0.3 is 15.5 Å². The molecule has 1 aliphatic heterocycles. The minimum absolute atomic E-state index is 0.0148. The number of nitrogens with one attached hydrogen (secondary N) is 2. The molecule has 1 fully saturated rings. The van der Waals surface area contributed by atoms with Gasteiger partial charge in [-0.25, -0.2) is 4.99 Å². The number of hydrogen-bond acceptors (Lipinski definition) is 3. The average Bonchev–Trinajstić information content (AvgIpc) is 2.64. The zero-order chi connectivity index (χ0) is 18.8. The highest BCUT2D eigenvalue weighted by Crippen LogP contribution is 2.13. The molecule has 1 amide bonds. The minimum Gasteiger partial charge on any atom is -0.353 e. The molecule has 2 rings (SSSR count). The van der Waals surface area contributed by atoms with E-state index in [-0.39, 0.29) is 12.5 Å². The van der Waals surface area contributed by atoms with Crippen LogP contribution in [0.2, 0.25) is 0 Å². The van der Waals surface area contributed by atoms with Gasteiger partial charge in [-0.2, -0.15) is 0 Å². The van der Waals surface area contributed by atoms with E-state index in [0.29, 0.717) is 18.5 Å². The number of piperidine rings is 1. The van der Waals surface area contributed by atoms with Gasteiger partial charge >= 0.3 is 0 Å². The molecule has 1 saturated heterocycles. The van der Waals surface area contributed by atoms with Crippen LogP contribution in [-0.4, -0.2) is 68.0 Å². The lowest BCUT2D eigenvalue weighted by atomic mass is 10.0. The van der Waals surface area contributed by atoms with Crippen LogP contribution < -0.4 is 10.6 Å². The van der Waals surface area contributed by atoms with Crippen LogP contribution in [0, 0.1) is 0 Å². The fourth-order valence-electron chi connectivity index (χ4n) is 2.96. The van der Waals surface area contributed by atoms with Crippen LogP contribution in [0.5, 0.6) is 0 Å². The first-order valence-corrected chi connectivity index (χ1v) is 9.20. The van der Waals surface area contributed by atoms with Crippen molar-refractivity contribution in [2.45, 2.75) is 25.4 Å². The predicted octanol–water partition coefficient (Wildman–Crippen LogP) is 1.46. The molecular weight excluding hydrogens is 326 g/mol. The van der Waals surface area contributed by atoms with Gasteiger partial charge in [-0.05, 0) is 24.9 Å². The van der Waals surface area contributed by atoms with Crippen molar-refractivity contribution in [3.63, 3.8) is 0 Å². The number of amides is 1. The number of likely N-dealkylation sites (tertiary alicyclic amines) is 1. The molecular formula is C20H31N5O. The van der Waals surface area contributed by atoms with Crippen LogP contribution in [0.15, 0.2) is 48.0 Å². The Balaban J connectivity index is 1.92. The number of nitrogens with zero attached hydrogens (tertiary/aromatic N) is 3. The van der Waals surface area contributed by atoms with Crippen molar-refractivity contribution in [3.05, 3.63) is 48.6 Å². The molecule has 1 unspecified atom stereocenters. The molecule has 2 N–H and O–H groups in total. The van der Waals surface area contributed by atoms with Gasteiger partial charge in [0.1, 0.15) is 6.54 Å². The van der Waals surface area contributed by atoms with Gasteiger partial charge in [0.2, 0.25) is 5.91 Å². The summed E-state index contributed by atoms with van der Waals surface area (Å²) >= 11 is 0. The van der Waals surface area contributed by atoms with Crippen LogP contribution in [0.1, 0.15) is 18.4 Å². The monoisotopic (exact) mass is 357 g/mol. The highest BCUT2D eigenvalue weighted by molar-refractivity contribution is 5.85. The van der Waals surface area contributed by atoms with E-state index in [2.05, 4.69) is 51.4 Å². The third-order valence-electron chi connectivity index (χ3n) is 4.38. The number of benzene rings is 1. The summed E-state index contributed by atoms with van der Waals surface area (Å²) in [6.45, 7) is 7.52. The first-order valence-electron chi connectivity index (χ1n) is 9.20. The van der Waals surface area contributed by atoms with Crippen molar-refractivity contribution in [2.24, 2.45) is 4.99 Å². The molecule has 1 atom stereocenters. The lowest BCUT2D eigenvalue weighted by Crippen LogP contribution is -2.51. The van der Waals surface area contributed by atoms with Gasteiger partial charge in [0, 0.05) is 39.8 Å². The zero-order valence-corrected chi connectivity index (χ0v) is 15.9. The zero-order valence-electron chi connectivity index (χ0n) is 15.9. The Bertz CT molecular complexity index is 599. The molecule has 26 heavy (non-hydrogen) atoms. The maximum Gasteiger partial charge on any atom is 0.243 e. The molecule has 0 aliphatic carbocycles. The number of likely N-dealkylation sites (N-methyl/N-ethyl adjacent to an activating group) is 1. The molecule has 0 saturated carbocycles. The number of carbonyl (C=O) groups is 1. The van der Waals surface area contributed by atoms with Crippen LogP contribution in [0.25, 0.3) is 0 Å². The summed E-state index contributed by atoms with van der Waals surface area (Å²) in [5.41, 5.74) is 1.34. The second-order valence-electron chi connectivity index (χ2n) is 6.83. The Morgan fingerprint density at radius 3 is 2.85 bits per heavy atom. The lowest BCUT2D eigenvalue weighted by Gasteiger charge is -2.34. The highest BCUT2D eigenvalue weighted by Gasteiger charge is 2.21. The number of aliphatic imine (C=N–C) groups is 1. The largest absolute Gasteiger partial charge is 0.353 e. The molecule has 0 radical (unpaired) electrons. The molecule has 6 heteroatoms. The van der Waals surface area contributed by atoms with E-state index in [4.69, 9.17) is 0 Å². The average molecular weight is 358 g/mol. The summed E-state index contributed by atoms with van der Waals surface area (Å²) in [6.07, 6.45) is 4.03. The first-order chi connectivity index (χ1) is 12.6. The van der Waals surface area contributed by atoms with Crippen LogP contribution in [0.3, 0.4) is 0 Å². The number of carbonyl (C=O) groups excluding carboxylic acids is 1. The van der Waals surface area contributed by atoms with Crippen molar-refractivity contribution in [2.75, 3.05) is 40.3 Å². The van der Waals surface area contributed by atoms with E-state index in [1.807, 2.05) is 6.07 Å². The van der Waals surface area contributed by atoms with E-state index < -0.39 is 0 Å². The quantitative estimate of drug-likeness (QED) is 0.441. The van der Waals surface area contributed by atoms with Crippen molar-refractivity contribution in [3.8, 4) is 0 Å². The number of rotatable bonds is 7. The van der Waals surface area contributed by atoms with Gasteiger partial charge in [-0.15, -0.1) is 6.58 Å². The van der Waals surface area contributed by atoms with Crippen molar-refractivity contribution in [1.29, 1.82) is 0 Å². The van der Waals surface area contributed by atoms with E-state index in [1.54, 1.807) is 25.1 Å². The van der Waals surface area contributed by atoms with Crippen molar-refractivity contribution in [1.82, 2.24) is 20.4 Å². The Hall–Kier alpha value is -2.34. The summed E-state index contributed by atoms with van der Waals surface area (Å²) in [7, 11) is 3.48. The summed E-state index contributed by atoms with van der Waals surface area (Å²) in [6, 6.07) is 10.9. The second kappa shape index (κ2) is 10.6. The second-order valence-corrected chi connectivity index (χ2v) is 6.83. The predicted molar refractivity (Wildman–Crippen MR) is 107 cm³/mol. The van der Waals surface area contributed by atoms with E-state index in [1.165, 1.54) is 5.56 Å². The van der Waals surface area contributed by atoms with Crippen molar-refractivity contribution >= 4 is 11.9 Å². The molecule has 1 aromatic carbocycles. The molecule has 1 aromatic rings. The molecule has 142 valence electrons. The SMILES string of the molecule is C=CCNC(=NCC(=O)N(C)C)NC1CCCN(Cc2ccccc2)C1. The molecule has 0 bridgehead atoms. The Kier molecular flexibility index (Phi) is 8.15. The molecule has 1 aliphatic rings. The number of guanidine groups is 1. The molecule has 0 aromatic heterocycles. The van der Waals surface area contributed by atoms with Crippen LogP contribution in [0.4, 0.5) is 0 Å². The van der Waals surface area contributed by atoms with Gasteiger partial charge in [-0.1, -0.05) is 36.4 Å². The van der Waals surface area contributed by atoms with Gasteiger partial charge in [0.05, 0.1) is 0 Å². The highest BCUT2D eigenvalue weighted by atomic mass is 16.2. The van der Waals surface area contributed by atoms with E-state index in [0.717, 1.165) is 32.5 Å². The minimum atomic E-state index is -0.0148. The summed E-state index contributed by atoms with van der Waals surface area (Å²) < 4.78 is 0. The maximum atomic E-state index is 11.8. The third-order valence-corrected chi connectivity index (χ3v) is 4.38. The van der Waals surface area contributed by atoms with Crippen LogP contribution >= 0.6 is 0 Å². The third kappa shape index (κ3) is 6.88. The molecule has 1 heterocycles. The smallest absolute Gasteiger partial charge is 0.243 e. The van der Waals surface area contributed by atoms with Crippen molar-refractivity contribution < 1.29 is 4.79 Å². The molecule has 0 spiro atoms. The Morgan fingerprint density at radius 2 is 2.15 bits per heavy atom. The topological polar surface area (TPSA) is 60.0 Å². The lowest BCUT2D eigenvalue weighted by molar-refractivity contribution is -0.127. The molecule has 6 nitrogen and oxygen atoms in total. The maximum absolute atomic E-state index is 11.8. The van der Waals surface area contributed by atoms with E-state index >= 15 is 0 Å². The van der Waals surface area contributed by atoms with Gasteiger partial charge in [0.15, 0.2) is 5.96 Å². The van der Waals surface area contributed by atoms with Gasteiger partial charge in [-0.3, -0.25) is 9.69 Å². The van der Waals surface area contributed by atoms with E-state index in [9.17, 15) is 4.79 Å².